The molecule has 292 valence electrons. The van der Waals surface area contributed by atoms with Gasteiger partial charge in [-0.3, -0.25) is 9.69 Å². The Labute approximate surface area is 329 Å². The molecule has 1 amide bonds. The lowest BCUT2D eigenvalue weighted by molar-refractivity contribution is -0.253. The Morgan fingerprint density at radius 1 is 0.786 bits per heavy atom. The summed E-state index contributed by atoms with van der Waals surface area (Å²) >= 11 is 0. The lowest BCUT2D eigenvalue weighted by Crippen LogP contribution is -2.47. The number of aliphatic hydroxyl groups excluding tert-OH is 1. The zero-order valence-electron chi connectivity index (χ0n) is 31.5. The number of benzene rings is 5. The van der Waals surface area contributed by atoms with Crippen molar-refractivity contribution in [2.24, 2.45) is 0 Å². The smallest absolute Gasteiger partial charge is 0.241 e. The number of aliphatic hydroxyl groups is 1. The van der Waals surface area contributed by atoms with Crippen molar-refractivity contribution in [2.75, 3.05) is 32.8 Å². The summed E-state index contributed by atoms with van der Waals surface area (Å²) in [5.41, 5.74) is 7.36. The molecule has 10 nitrogen and oxygen atoms in total. The summed E-state index contributed by atoms with van der Waals surface area (Å²) in [5.74, 6) is -0.421. The lowest BCUT2D eigenvalue weighted by atomic mass is 9.98. The van der Waals surface area contributed by atoms with Crippen LogP contribution in [0.5, 0.6) is 0 Å². The highest BCUT2D eigenvalue weighted by atomic mass is 32.2. The van der Waals surface area contributed by atoms with Gasteiger partial charge in [0.05, 0.1) is 36.9 Å². The molecule has 2 heterocycles. The van der Waals surface area contributed by atoms with Crippen LogP contribution in [-0.2, 0) is 48.6 Å². The summed E-state index contributed by atoms with van der Waals surface area (Å²) in [6.07, 6.45) is 0.0643. The molecule has 0 aromatic heterocycles. The average Bonchev–Trinajstić information content (AvgIpc) is 3.23. The van der Waals surface area contributed by atoms with Gasteiger partial charge < -0.3 is 24.6 Å². The molecule has 0 unspecified atom stereocenters. The zero-order valence-corrected chi connectivity index (χ0v) is 32.4. The number of sulfonamides is 1. The second kappa shape index (κ2) is 18.5. The van der Waals surface area contributed by atoms with Gasteiger partial charge in [0.25, 0.3) is 0 Å². The molecule has 3 N–H and O–H groups in total. The fraction of sp³-hybridized carbons (Fsp3) is 0.311. The number of aryl methyl sites for hydroxylation is 1. The maximum atomic E-state index is 13.7. The van der Waals surface area contributed by atoms with Crippen molar-refractivity contribution in [1.29, 1.82) is 0 Å². The summed E-state index contributed by atoms with van der Waals surface area (Å²) in [6.45, 7) is 6.02. The van der Waals surface area contributed by atoms with E-state index in [4.69, 9.17) is 14.2 Å². The third kappa shape index (κ3) is 10.4. The molecule has 4 atom stereocenters. The van der Waals surface area contributed by atoms with Crippen molar-refractivity contribution in [1.82, 2.24) is 14.9 Å². The van der Waals surface area contributed by atoms with Gasteiger partial charge in [-0.25, -0.2) is 8.42 Å². The normalized spacial score (nSPS) is 19.6. The van der Waals surface area contributed by atoms with Gasteiger partial charge in [-0.05, 0) is 71.0 Å². The Hall–Kier alpha value is -4.72. The highest BCUT2D eigenvalue weighted by molar-refractivity contribution is 7.89. The summed E-state index contributed by atoms with van der Waals surface area (Å²) in [7, 11) is -3.96. The molecule has 5 aromatic rings. The predicted octanol–water partition coefficient (Wildman–Crippen LogP) is 6.24. The van der Waals surface area contributed by atoms with Crippen LogP contribution in [0.4, 0.5) is 0 Å². The SMILES string of the molecule is Cc1ccc(S(=O)(=O)N[C@H](Cc2ccccc2)C(=O)NCc2cccc(-c3cccc([C@H]4O[C@@H](CN5CCOCC5)C[C@@H](c5ccc(CO)cc5)O4)c3)c2)cc1. The highest BCUT2D eigenvalue weighted by Crippen LogP contribution is 2.39. The van der Waals surface area contributed by atoms with Crippen molar-refractivity contribution in [3.05, 3.63) is 161 Å². The number of rotatable bonds is 14. The highest BCUT2D eigenvalue weighted by Gasteiger charge is 2.34. The Bertz CT molecular complexity index is 2160. The summed E-state index contributed by atoms with van der Waals surface area (Å²) < 4.78 is 48.2. The molecule has 2 fully saturated rings. The second-order valence-electron chi connectivity index (χ2n) is 14.5. The Morgan fingerprint density at radius 2 is 1.48 bits per heavy atom. The first-order valence-electron chi connectivity index (χ1n) is 19.1. The minimum absolute atomic E-state index is 0.0115. The van der Waals surface area contributed by atoms with E-state index in [1.807, 2.05) is 104 Å². The number of hydrogen-bond donors (Lipinski definition) is 3. The maximum Gasteiger partial charge on any atom is 0.241 e. The molecule has 2 saturated heterocycles. The number of nitrogens with one attached hydrogen (secondary N) is 2. The molecule has 0 bridgehead atoms. The van der Waals surface area contributed by atoms with Gasteiger partial charge in [0.1, 0.15) is 6.04 Å². The first kappa shape index (κ1) is 39.5. The monoisotopic (exact) mass is 775 g/mol. The number of carbonyl (C=O) groups excluding carboxylic acids is 1. The van der Waals surface area contributed by atoms with Gasteiger partial charge in [0.2, 0.25) is 15.9 Å². The molecule has 0 radical (unpaired) electrons. The number of hydrogen-bond acceptors (Lipinski definition) is 8. The molecule has 0 aliphatic carbocycles. The largest absolute Gasteiger partial charge is 0.392 e. The van der Waals surface area contributed by atoms with Crippen LogP contribution in [0.1, 0.15) is 52.2 Å². The molecular weight excluding hydrogens is 727 g/mol. The van der Waals surface area contributed by atoms with Gasteiger partial charge in [-0.1, -0.05) is 109 Å². The van der Waals surface area contributed by atoms with Gasteiger partial charge in [0, 0.05) is 38.2 Å². The van der Waals surface area contributed by atoms with Crippen LogP contribution >= 0.6 is 0 Å². The molecule has 11 heteroatoms. The topological polar surface area (TPSA) is 126 Å². The molecule has 2 aliphatic heterocycles. The number of carbonyl (C=O) groups is 1. The standard InChI is InChI=1S/C45H49N3O7S/c1-32-13-19-41(20-14-32)56(51,52)47-42(26-33-7-3-2-4-8-33)44(50)46-29-35-9-5-10-37(25-35)38-11-6-12-39(27-38)45-54-40(30-48-21-23-53-24-22-48)28-43(55-45)36-17-15-34(31-49)16-18-36/h2-20,25,27,40,42-43,45,47,49H,21-24,26,28-31H2,1H3,(H,46,50)/t40-,42-,43+,45+/m1/s1. The fourth-order valence-corrected chi connectivity index (χ4v) is 8.35. The van der Waals surface area contributed by atoms with Crippen molar-refractivity contribution in [2.45, 2.75) is 62.4 Å². The quantitative estimate of drug-likeness (QED) is 0.121. The Morgan fingerprint density at radius 3 is 2.21 bits per heavy atom. The summed E-state index contributed by atoms with van der Waals surface area (Å²) in [5, 5.41) is 12.6. The fourth-order valence-electron chi connectivity index (χ4n) is 7.15. The van der Waals surface area contributed by atoms with E-state index >= 15 is 0 Å². The Kier molecular flexibility index (Phi) is 13.0. The van der Waals surface area contributed by atoms with E-state index in [9.17, 15) is 18.3 Å². The van der Waals surface area contributed by atoms with Crippen molar-refractivity contribution < 1.29 is 32.5 Å². The lowest BCUT2D eigenvalue weighted by Gasteiger charge is -2.39. The van der Waals surface area contributed by atoms with Gasteiger partial charge in [-0.15, -0.1) is 0 Å². The van der Waals surface area contributed by atoms with Gasteiger partial charge in [-0.2, -0.15) is 4.72 Å². The van der Waals surface area contributed by atoms with Crippen LogP contribution in [0, 0.1) is 6.92 Å². The first-order chi connectivity index (χ1) is 27.2. The van der Waals surface area contributed by atoms with Crippen LogP contribution in [0.3, 0.4) is 0 Å². The predicted molar refractivity (Wildman–Crippen MR) is 215 cm³/mol. The van der Waals surface area contributed by atoms with Crippen LogP contribution in [0.25, 0.3) is 11.1 Å². The molecule has 0 saturated carbocycles. The zero-order chi connectivity index (χ0) is 38.9. The van der Waals surface area contributed by atoms with E-state index in [0.717, 1.165) is 64.1 Å². The second-order valence-corrected chi connectivity index (χ2v) is 16.2. The number of ether oxygens (including phenoxy) is 3. The van der Waals surface area contributed by atoms with E-state index in [0.29, 0.717) is 19.6 Å². The van der Waals surface area contributed by atoms with Crippen LogP contribution in [0.15, 0.2) is 132 Å². The van der Waals surface area contributed by atoms with Crippen molar-refractivity contribution in [3.8, 4) is 11.1 Å². The van der Waals surface area contributed by atoms with Crippen LogP contribution in [-0.4, -0.2) is 69.3 Å². The maximum absolute atomic E-state index is 13.7. The Balaban J connectivity index is 1.06. The average molecular weight is 776 g/mol. The van der Waals surface area contributed by atoms with Gasteiger partial charge >= 0.3 is 0 Å². The number of morpholine rings is 1. The van der Waals surface area contributed by atoms with Crippen molar-refractivity contribution >= 4 is 15.9 Å². The minimum Gasteiger partial charge on any atom is -0.392 e. The number of nitrogens with zero attached hydrogens (tertiary/aromatic N) is 1. The minimum atomic E-state index is -3.96. The van der Waals surface area contributed by atoms with Gasteiger partial charge in [0.15, 0.2) is 6.29 Å². The third-order valence-corrected chi connectivity index (χ3v) is 11.8. The van der Waals surface area contributed by atoms with E-state index in [1.165, 1.54) is 0 Å². The van der Waals surface area contributed by atoms with E-state index in [-0.39, 0.29) is 36.7 Å². The first-order valence-corrected chi connectivity index (χ1v) is 20.6. The summed E-state index contributed by atoms with van der Waals surface area (Å²) in [4.78, 5) is 16.2. The third-order valence-electron chi connectivity index (χ3n) is 10.3. The van der Waals surface area contributed by atoms with E-state index in [2.05, 4.69) is 21.0 Å². The van der Waals surface area contributed by atoms with E-state index < -0.39 is 28.3 Å². The van der Waals surface area contributed by atoms with E-state index in [1.54, 1.807) is 24.3 Å². The number of amides is 1. The molecule has 5 aromatic carbocycles. The van der Waals surface area contributed by atoms with Crippen LogP contribution < -0.4 is 10.0 Å². The summed E-state index contributed by atoms with van der Waals surface area (Å²) in [6, 6.07) is 38.9. The molecule has 56 heavy (non-hydrogen) atoms. The molecule has 2 aliphatic rings. The molecular formula is C45H49N3O7S. The molecule has 7 rings (SSSR count). The van der Waals surface area contributed by atoms with Crippen molar-refractivity contribution in [3.63, 3.8) is 0 Å². The molecule has 0 spiro atoms. The van der Waals surface area contributed by atoms with Crippen LogP contribution in [0.2, 0.25) is 0 Å².